The van der Waals surface area contributed by atoms with Gasteiger partial charge in [-0.05, 0) is 37.0 Å². The molecular weight excluding hydrogens is 236 g/mol. The average molecular weight is 253 g/mol. The van der Waals surface area contributed by atoms with E-state index in [1.165, 1.54) is 6.07 Å². The number of amides is 1. The number of carbonyl (C=O) groups is 1. The first kappa shape index (κ1) is 13.0. The summed E-state index contributed by atoms with van der Waals surface area (Å²) in [5.41, 5.74) is 0.224. The van der Waals surface area contributed by atoms with Crippen LogP contribution < -0.4 is 0 Å². The van der Waals surface area contributed by atoms with E-state index in [2.05, 4.69) is 0 Å². The van der Waals surface area contributed by atoms with Gasteiger partial charge in [-0.1, -0.05) is 13.8 Å². The zero-order valence-electron chi connectivity index (χ0n) is 10.6. The highest BCUT2D eigenvalue weighted by atomic mass is 19.2. The first-order valence-electron chi connectivity index (χ1n) is 6.25. The molecule has 1 aromatic carbocycles. The lowest BCUT2D eigenvalue weighted by molar-refractivity contribution is 0.0722. The maximum absolute atomic E-state index is 13.1. The van der Waals surface area contributed by atoms with E-state index in [0.717, 1.165) is 25.0 Å². The largest absolute Gasteiger partial charge is 0.335 e. The molecule has 1 aliphatic rings. The molecule has 0 heterocycles. The number of nitrogens with zero attached hydrogens (tertiary/aromatic N) is 1. The highest BCUT2D eigenvalue weighted by Crippen LogP contribution is 2.29. The van der Waals surface area contributed by atoms with Crippen LogP contribution in [0.15, 0.2) is 18.2 Å². The summed E-state index contributed by atoms with van der Waals surface area (Å²) in [6.07, 6.45) is 2.00. The first-order chi connectivity index (χ1) is 8.49. The van der Waals surface area contributed by atoms with Crippen LogP contribution in [0.2, 0.25) is 0 Å². The Hall–Kier alpha value is -1.45. The number of hydrogen-bond acceptors (Lipinski definition) is 1. The molecule has 0 aromatic heterocycles. The SMILES string of the molecule is CC(C)CN(C(=O)c1ccc(F)c(F)c1)C1CC1. The van der Waals surface area contributed by atoms with Gasteiger partial charge in [-0.25, -0.2) is 8.78 Å². The van der Waals surface area contributed by atoms with Crippen LogP contribution in [0, 0.1) is 17.6 Å². The number of carbonyl (C=O) groups excluding carboxylic acids is 1. The summed E-state index contributed by atoms with van der Waals surface area (Å²) in [7, 11) is 0. The molecule has 0 unspecified atom stereocenters. The second-order valence-corrected chi connectivity index (χ2v) is 5.21. The van der Waals surface area contributed by atoms with Gasteiger partial charge in [-0.2, -0.15) is 0 Å². The normalized spacial score (nSPS) is 14.9. The summed E-state index contributed by atoms with van der Waals surface area (Å²) in [4.78, 5) is 14.0. The summed E-state index contributed by atoms with van der Waals surface area (Å²) in [5, 5.41) is 0. The van der Waals surface area contributed by atoms with Crippen LogP contribution in [-0.2, 0) is 0 Å². The molecule has 0 radical (unpaired) electrons. The molecule has 18 heavy (non-hydrogen) atoms. The number of rotatable bonds is 4. The molecular formula is C14H17F2NO. The second-order valence-electron chi connectivity index (χ2n) is 5.21. The third kappa shape index (κ3) is 2.86. The minimum atomic E-state index is -0.971. The lowest BCUT2D eigenvalue weighted by Gasteiger charge is -2.24. The van der Waals surface area contributed by atoms with Gasteiger partial charge >= 0.3 is 0 Å². The van der Waals surface area contributed by atoms with Crippen LogP contribution in [0.3, 0.4) is 0 Å². The Labute approximate surface area is 106 Å². The zero-order chi connectivity index (χ0) is 13.3. The summed E-state index contributed by atoms with van der Waals surface area (Å²) >= 11 is 0. The van der Waals surface area contributed by atoms with Gasteiger partial charge in [-0.3, -0.25) is 4.79 Å². The van der Waals surface area contributed by atoms with Gasteiger partial charge in [-0.15, -0.1) is 0 Å². The fourth-order valence-corrected chi connectivity index (χ4v) is 1.97. The highest BCUT2D eigenvalue weighted by molar-refractivity contribution is 5.94. The fourth-order valence-electron chi connectivity index (χ4n) is 1.97. The molecule has 1 aromatic rings. The minimum Gasteiger partial charge on any atom is -0.335 e. The van der Waals surface area contributed by atoms with Crippen molar-refractivity contribution in [3.63, 3.8) is 0 Å². The molecule has 4 heteroatoms. The lowest BCUT2D eigenvalue weighted by atomic mass is 10.1. The predicted octanol–water partition coefficient (Wildman–Crippen LogP) is 3.23. The van der Waals surface area contributed by atoms with Crippen molar-refractivity contribution in [1.29, 1.82) is 0 Å². The van der Waals surface area contributed by atoms with E-state index in [1.807, 2.05) is 13.8 Å². The predicted molar refractivity (Wildman–Crippen MR) is 65.3 cm³/mol. The third-order valence-corrected chi connectivity index (χ3v) is 2.98. The van der Waals surface area contributed by atoms with Crippen molar-refractivity contribution in [2.75, 3.05) is 6.54 Å². The van der Waals surface area contributed by atoms with E-state index >= 15 is 0 Å². The van der Waals surface area contributed by atoms with E-state index in [4.69, 9.17) is 0 Å². The molecule has 0 bridgehead atoms. The summed E-state index contributed by atoms with van der Waals surface area (Å²) < 4.78 is 26.0. The summed E-state index contributed by atoms with van der Waals surface area (Å²) in [6.45, 7) is 4.73. The number of benzene rings is 1. The van der Waals surface area contributed by atoms with Crippen LogP contribution in [-0.4, -0.2) is 23.4 Å². The zero-order valence-corrected chi connectivity index (χ0v) is 10.6. The van der Waals surface area contributed by atoms with Crippen molar-refractivity contribution >= 4 is 5.91 Å². The van der Waals surface area contributed by atoms with Gasteiger partial charge in [0.2, 0.25) is 0 Å². The standard InChI is InChI=1S/C14H17F2NO/c1-9(2)8-17(11-4-5-11)14(18)10-3-6-12(15)13(16)7-10/h3,6-7,9,11H,4-5,8H2,1-2H3. The van der Waals surface area contributed by atoms with Gasteiger partial charge < -0.3 is 4.90 Å². The Kier molecular flexibility index (Phi) is 3.64. The first-order valence-corrected chi connectivity index (χ1v) is 6.25. The minimum absolute atomic E-state index is 0.204. The molecule has 2 nitrogen and oxygen atoms in total. The maximum atomic E-state index is 13.1. The topological polar surface area (TPSA) is 20.3 Å². The van der Waals surface area contributed by atoms with Crippen LogP contribution in [0.25, 0.3) is 0 Å². The van der Waals surface area contributed by atoms with Crippen molar-refractivity contribution < 1.29 is 13.6 Å². The average Bonchev–Trinajstić information content (AvgIpc) is 3.12. The van der Waals surface area contributed by atoms with E-state index in [0.29, 0.717) is 12.5 Å². The number of halogens is 2. The highest BCUT2D eigenvalue weighted by Gasteiger charge is 2.33. The Balaban J connectivity index is 2.19. The van der Waals surface area contributed by atoms with Gasteiger partial charge in [0.05, 0.1) is 0 Å². The molecule has 1 amide bonds. The van der Waals surface area contributed by atoms with Crippen molar-refractivity contribution in [3.05, 3.63) is 35.4 Å². The summed E-state index contributed by atoms with van der Waals surface area (Å²) in [5.74, 6) is -1.74. The van der Waals surface area contributed by atoms with Crippen LogP contribution in [0.4, 0.5) is 8.78 Å². The molecule has 0 aliphatic heterocycles. The molecule has 0 N–H and O–H groups in total. The molecule has 1 aliphatic carbocycles. The van der Waals surface area contributed by atoms with Gasteiger partial charge in [0.25, 0.3) is 5.91 Å². The van der Waals surface area contributed by atoms with Crippen LogP contribution in [0.1, 0.15) is 37.0 Å². The van der Waals surface area contributed by atoms with Gasteiger partial charge in [0.15, 0.2) is 11.6 Å². The molecule has 98 valence electrons. The third-order valence-electron chi connectivity index (χ3n) is 2.98. The molecule has 0 atom stereocenters. The Morgan fingerprint density at radius 3 is 2.50 bits per heavy atom. The smallest absolute Gasteiger partial charge is 0.254 e. The molecule has 1 saturated carbocycles. The van der Waals surface area contributed by atoms with E-state index in [9.17, 15) is 13.6 Å². The van der Waals surface area contributed by atoms with Crippen LogP contribution >= 0.6 is 0 Å². The van der Waals surface area contributed by atoms with E-state index in [1.54, 1.807) is 4.90 Å². The summed E-state index contributed by atoms with van der Waals surface area (Å²) in [6, 6.07) is 3.60. The Morgan fingerprint density at radius 2 is 2.00 bits per heavy atom. The lowest BCUT2D eigenvalue weighted by Crippen LogP contribution is -2.36. The van der Waals surface area contributed by atoms with Crippen molar-refractivity contribution in [2.24, 2.45) is 5.92 Å². The second kappa shape index (κ2) is 5.04. The molecule has 0 spiro atoms. The van der Waals surface area contributed by atoms with Gasteiger partial charge in [0.1, 0.15) is 0 Å². The maximum Gasteiger partial charge on any atom is 0.254 e. The molecule has 2 rings (SSSR count). The van der Waals surface area contributed by atoms with Crippen molar-refractivity contribution in [3.8, 4) is 0 Å². The monoisotopic (exact) mass is 253 g/mol. The van der Waals surface area contributed by atoms with E-state index < -0.39 is 11.6 Å². The van der Waals surface area contributed by atoms with Gasteiger partial charge in [0, 0.05) is 18.2 Å². The molecule has 1 fully saturated rings. The van der Waals surface area contributed by atoms with Crippen molar-refractivity contribution in [2.45, 2.75) is 32.7 Å². The quantitative estimate of drug-likeness (QED) is 0.806. The fraction of sp³-hybridized carbons (Fsp3) is 0.500. The molecule has 0 saturated heterocycles. The van der Waals surface area contributed by atoms with Crippen LogP contribution in [0.5, 0.6) is 0 Å². The van der Waals surface area contributed by atoms with Crippen molar-refractivity contribution in [1.82, 2.24) is 4.90 Å². The Bertz CT molecular complexity index is 455. The number of hydrogen-bond donors (Lipinski definition) is 0. The Morgan fingerprint density at radius 1 is 1.33 bits per heavy atom. The van der Waals surface area contributed by atoms with E-state index in [-0.39, 0.29) is 17.5 Å².